The number of carbonyl (C=O) groups is 1. The Morgan fingerprint density at radius 2 is 1.74 bits per heavy atom. The highest BCUT2D eigenvalue weighted by molar-refractivity contribution is 7.90. The molecule has 3 rings (SSSR count). The molecule has 0 aliphatic rings. The number of nitrogens with one attached hydrogen (secondary N) is 1. The van der Waals surface area contributed by atoms with Gasteiger partial charge in [0.25, 0.3) is 5.91 Å². The van der Waals surface area contributed by atoms with Gasteiger partial charge in [0.05, 0.1) is 22.7 Å². The number of amides is 1. The molecule has 0 saturated heterocycles. The standard InChI is InChI=1S/C18H13ClFN3O3S/c19-13-10-21-18(27(25,26)11-12-6-2-1-3-7-12)23-16(13)17(24)22-15-9-5-4-8-14(15)20/h1-10H,11H2,(H,22,24). The number of para-hydroxylation sites is 1. The molecule has 0 atom stereocenters. The van der Waals surface area contributed by atoms with E-state index in [4.69, 9.17) is 11.6 Å². The van der Waals surface area contributed by atoms with Crippen molar-refractivity contribution in [2.45, 2.75) is 10.9 Å². The van der Waals surface area contributed by atoms with Crippen molar-refractivity contribution < 1.29 is 17.6 Å². The van der Waals surface area contributed by atoms with Gasteiger partial charge in [0.1, 0.15) is 5.82 Å². The van der Waals surface area contributed by atoms with Gasteiger partial charge in [-0.15, -0.1) is 0 Å². The lowest BCUT2D eigenvalue weighted by Crippen LogP contribution is -2.18. The molecule has 138 valence electrons. The van der Waals surface area contributed by atoms with Gasteiger partial charge in [0.15, 0.2) is 5.69 Å². The van der Waals surface area contributed by atoms with E-state index >= 15 is 0 Å². The third-order valence-corrected chi connectivity index (χ3v) is 5.28. The van der Waals surface area contributed by atoms with E-state index in [1.807, 2.05) is 0 Å². The summed E-state index contributed by atoms with van der Waals surface area (Å²) >= 11 is 5.93. The fourth-order valence-electron chi connectivity index (χ4n) is 2.26. The molecule has 1 heterocycles. The van der Waals surface area contributed by atoms with Crippen LogP contribution in [0, 0.1) is 5.82 Å². The Bertz CT molecular complexity index is 1090. The number of anilines is 1. The minimum atomic E-state index is -3.90. The van der Waals surface area contributed by atoms with Crippen molar-refractivity contribution in [2.24, 2.45) is 0 Å². The van der Waals surface area contributed by atoms with Gasteiger partial charge < -0.3 is 5.32 Å². The Hall–Kier alpha value is -2.84. The van der Waals surface area contributed by atoms with Crippen molar-refractivity contribution in [3.8, 4) is 0 Å². The average molecular weight is 406 g/mol. The molecule has 0 unspecified atom stereocenters. The van der Waals surface area contributed by atoms with E-state index in [9.17, 15) is 17.6 Å². The molecule has 27 heavy (non-hydrogen) atoms. The highest BCUT2D eigenvalue weighted by Gasteiger charge is 2.23. The number of rotatable bonds is 5. The van der Waals surface area contributed by atoms with E-state index in [1.165, 1.54) is 24.3 Å². The second kappa shape index (κ2) is 7.81. The molecule has 6 nitrogen and oxygen atoms in total. The van der Waals surface area contributed by atoms with Crippen LogP contribution in [0.5, 0.6) is 0 Å². The summed E-state index contributed by atoms with van der Waals surface area (Å²) in [6, 6.07) is 14.0. The lowest BCUT2D eigenvalue weighted by atomic mass is 10.2. The maximum Gasteiger partial charge on any atom is 0.276 e. The van der Waals surface area contributed by atoms with Gasteiger partial charge in [-0.3, -0.25) is 4.79 Å². The van der Waals surface area contributed by atoms with Crippen molar-refractivity contribution in [1.82, 2.24) is 9.97 Å². The van der Waals surface area contributed by atoms with Crippen LogP contribution in [0.15, 0.2) is 66.0 Å². The third kappa shape index (κ3) is 4.47. The number of hydrogen-bond donors (Lipinski definition) is 1. The molecule has 0 spiro atoms. The molecule has 0 aliphatic heterocycles. The molecule has 1 N–H and O–H groups in total. The van der Waals surface area contributed by atoms with Crippen molar-refractivity contribution in [3.63, 3.8) is 0 Å². The number of aromatic nitrogens is 2. The molecule has 0 fully saturated rings. The first-order valence-electron chi connectivity index (χ1n) is 7.72. The zero-order valence-electron chi connectivity index (χ0n) is 13.8. The number of benzene rings is 2. The first kappa shape index (κ1) is 18.9. The van der Waals surface area contributed by atoms with Crippen LogP contribution in [0.2, 0.25) is 5.02 Å². The fraction of sp³-hybridized carbons (Fsp3) is 0.0556. The van der Waals surface area contributed by atoms with E-state index in [-0.39, 0.29) is 22.2 Å². The molecular weight excluding hydrogens is 393 g/mol. The maximum atomic E-state index is 13.7. The fourth-order valence-corrected chi connectivity index (χ4v) is 3.64. The van der Waals surface area contributed by atoms with Crippen molar-refractivity contribution in [2.75, 3.05) is 5.32 Å². The molecule has 0 bridgehead atoms. The summed E-state index contributed by atoms with van der Waals surface area (Å²) in [6.45, 7) is 0. The number of carbonyl (C=O) groups excluding carboxylic acids is 1. The summed E-state index contributed by atoms with van der Waals surface area (Å²) in [6.07, 6.45) is 1.03. The largest absolute Gasteiger partial charge is 0.318 e. The zero-order chi connectivity index (χ0) is 19.4. The molecule has 2 aromatic carbocycles. The van der Waals surface area contributed by atoms with Gasteiger partial charge in [-0.1, -0.05) is 54.1 Å². The van der Waals surface area contributed by atoms with Crippen LogP contribution in [-0.2, 0) is 15.6 Å². The summed E-state index contributed by atoms with van der Waals surface area (Å²) < 4.78 is 38.8. The summed E-state index contributed by atoms with van der Waals surface area (Å²) in [5.74, 6) is -1.82. The van der Waals surface area contributed by atoms with Crippen molar-refractivity contribution >= 4 is 33.0 Å². The van der Waals surface area contributed by atoms with Gasteiger partial charge in [-0.2, -0.15) is 0 Å². The second-order valence-electron chi connectivity index (χ2n) is 5.53. The quantitative estimate of drug-likeness (QED) is 0.656. The lowest BCUT2D eigenvalue weighted by molar-refractivity contribution is 0.102. The second-order valence-corrected chi connectivity index (χ2v) is 7.82. The van der Waals surface area contributed by atoms with E-state index < -0.39 is 26.7 Å². The topological polar surface area (TPSA) is 89.0 Å². The van der Waals surface area contributed by atoms with Crippen LogP contribution in [0.1, 0.15) is 16.1 Å². The molecule has 3 aromatic rings. The van der Waals surface area contributed by atoms with Crippen LogP contribution in [-0.4, -0.2) is 24.3 Å². The van der Waals surface area contributed by atoms with Gasteiger partial charge in [-0.25, -0.2) is 22.8 Å². The minimum absolute atomic E-state index is 0.0779. The van der Waals surface area contributed by atoms with Crippen molar-refractivity contribution in [1.29, 1.82) is 0 Å². The van der Waals surface area contributed by atoms with Crippen LogP contribution in [0.3, 0.4) is 0 Å². The van der Waals surface area contributed by atoms with Crippen LogP contribution in [0.4, 0.5) is 10.1 Å². The minimum Gasteiger partial charge on any atom is -0.318 e. The predicted molar refractivity (Wildman–Crippen MR) is 98.7 cm³/mol. The van der Waals surface area contributed by atoms with E-state index in [1.54, 1.807) is 30.3 Å². The highest BCUT2D eigenvalue weighted by atomic mass is 35.5. The summed E-state index contributed by atoms with van der Waals surface area (Å²) in [7, 11) is -3.90. The first-order chi connectivity index (χ1) is 12.9. The Kier molecular flexibility index (Phi) is 5.48. The van der Waals surface area contributed by atoms with Crippen LogP contribution >= 0.6 is 11.6 Å². The third-order valence-electron chi connectivity index (χ3n) is 3.54. The molecule has 0 aliphatic carbocycles. The molecule has 0 radical (unpaired) electrons. The number of sulfone groups is 1. The maximum absolute atomic E-state index is 13.7. The van der Waals surface area contributed by atoms with Gasteiger partial charge >= 0.3 is 0 Å². The Balaban J connectivity index is 1.90. The monoisotopic (exact) mass is 405 g/mol. The summed E-state index contributed by atoms with van der Waals surface area (Å²) in [4.78, 5) is 19.9. The number of halogens is 2. The zero-order valence-corrected chi connectivity index (χ0v) is 15.3. The predicted octanol–water partition coefficient (Wildman–Crippen LogP) is 3.50. The molecule has 9 heteroatoms. The SMILES string of the molecule is O=C(Nc1ccccc1F)c1nc(S(=O)(=O)Cc2ccccc2)ncc1Cl. The normalized spacial score (nSPS) is 11.2. The highest BCUT2D eigenvalue weighted by Crippen LogP contribution is 2.20. The Labute approximate surface area is 160 Å². The Morgan fingerprint density at radius 1 is 1.07 bits per heavy atom. The van der Waals surface area contributed by atoms with Crippen LogP contribution < -0.4 is 5.32 Å². The molecule has 1 amide bonds. The number of hydrogen-bond acceptors (Lipinski definition) is 5. The number of nitrogens with zero attached hydrogens (tertiary/aromatic N) is 2. The summed E-state index contributed by atoms with van der Waals surface area (Å²) in [5.41, 5.74) is 0.112. The van der Waals surface area contributed by atoms with Gasteiger partial charge in [-0.05, 0) is 17.7 Å². The smallest absolute Gasteiger partial charge is 0.276 e. The molecule has 0 saturated carbocycles. The van der Waals surface area contributed by atoms with Crippen molar-refractivity contribution in [3.05, 3.63) is 82.9 Å². The first-order valence-corrected chi connectivity index (χ1v) is 9.75. The molecule has 1 aromatic heterocycles. The average Bonchev–Trinajstić information content (AvgIpc) is 2.64. The lowest BCUT2D eigenvalue weighted by Gasteiger charge is -2.09. The van der Waals surface area contributed by atoms with Gasteiger partial charge in [0.2, 0.25) is 15.0 Å². The Morgan fingerprint density at radius 3 is 2.44 bits per heavy atom. The molecular formula is C18H13ClFN3O3S. The van der Waals surface area contributed by atoms with Gasteiger partial charge in [0, 0.05) is 0 Å². The van der Waals surface area contributed by atoms with E-state index in [2.05, 4.69) is 15.3 Å². The van der Waals surface area contributed by atoms with E-state index in [0.29, 0.717) is 5.56 Å². The summed E-state index contributed by atoms with van der Waals surface area (Å²) in [5, 5.41) is 1.63. The van der Waals surface area contributed by atoms with Crippen LogP contribution in [0.25, 0.3) is 0 Å². The van der Waals surface area contributed by atoms with E-state index in [0.717, 1.165) is 6.20 Å².